The maximum absolute atomic E-state index is 11.9. The zero-order valence-electron chi connectivity index (χ0n) is 16.7. The topological polar surface area (TPSA) is 41.5 Å². The third-order valence-electron chi connectivity index (χ3n) is 5.64. The van der Waals surface area contributed by atoms with E-state index < -0.39 is 0 Å². The number of carbonyl (C=O) groups excluding carboxylic acids is 1. The molecule has 2 atom stereocenters. The first kappa shape index (κ1) is 19.9. The Morgan fingerprint density at radius 2 is 1.58 bits per heavy atom. The normalized spacial score (nSPS) is 21.9. The second-order valence-corrected chi connectivity index (χ2v) is 9.35. The van der Waals surface area contributed by atoms with Crippen LogP contribution in [0, 0.1) is 0 Å². The lowest BCUT2D eigenvalue weighted by Crippen LogP contribution is -2.17. The van der Waals surface area contributed by atoms with E-state index in [1.807, 2.05) is 12.1 Å². The standard InChI is InChI=1S/C26H20N2OS2/c29-25-23(31-26(30)28-25)15-17-11-13-20(14-12-17)24-21(18-7-3-1-4-8-18)16-22(27-24)19-9-5-2-6-10-19/h1-15,21,24H,16H2,(H,28,29,30)/b23-15+. The van der Waals surface area contributed by atoms with Crippen LogP contribution in [0.5, 0.6) is 0 Å². The molecular formula is C26H20N2OS2. The minimum atomic E-state index is -0.129. The second kappa shape index (κ2) is 8.61. The Kier molecular flexibility index (Phi) is 5.53. The summed E-state index contributed by atoms with van der Waals surface area (Å²) in [6.45, 7) is 0. The molecule has 0 bridgehead atoms. The molecule has 0 aromatic heterocycles. The lowest BCUT2D eigenvalue weighted by molar-refractivity contribution is -0.115. The van der Waals surface area contributed by atoms with E-state index in [0.29, 0.717) is 15.1 Å². The molecule has 0 saturated carbocycles. The van der Waals surface area contributed by atoms with E-state index in [4.69, 9.17) is 17.2 Å². The van der Waals surface area contributed by atoms with Gasteiger partial charge in [-0.2, -0.15) is 0 Å². The minimum Gasteiger partial charge on any atom is -0.307 e. The first-order valence-electron chi connectivity index (χ1n) is 10.2. The van der Waals surface area contributed by atoms with Gasteiger partial charge in [0.1, 0.15) is 4.32 Å². The number of thiocarbonyl (C=S) groups is 1. The molecule has 152 valence electrons. The van der Waals surface area contributed by atoms with Crippen molar-refractivity contribution in [3.05, 3.63) is 112 Å². The third-order valence-corrected chi connectivity index (χ3v) is 6.80. The Balaban J connectivity index is 1.47. The third kappa shape index (κ3) is 4.24. The van der Waals surface area contributed by atoms with Crippen molar-refractivity contribution in [1.82, 2.24) is 5.32 Å². The van der Waals surface area contributed by atoms with Crippen molar-refractivity contribution >= 4 is 46.0 Å². The van der Waals surface area contributed by atoms with Crippen LogP contribution in [0.15, 0.2) is 94.8 Å². The van der Waals surface area contributed by atoms with Gasteiger partial charge in [-0.15, -0.1) is 0 Å². The highest BCUT2D eigenvalue weighted by molar-refractivity contribution is 8.26. The largest absolute Gasteiger partial charge is 0.307 e. The summed E-state index contributed by atoms with van der Waals surface area (Å²) < 4.78 is 0.507. The van der Waals surface area contributed by atoms with Crippen LogP contribution in [0.2, 0.25) is 0 Å². The van der Waals surface area contributed by atoms with E-state index >= 15 is 0 Å². The minimum absolute atomic E-state index is 0.0658. The van der Waals surface area contributed by atoms with Gasteiger partial charge in [-0.25, -0.2) is 0 Å². The number of carbonyl (C=O) groups is 1. The average molecular weight is 441 g/mol. The molecular weight excluding hydrogens is 420 g/mol. The molecule has 0 radical (unpaired) electrons. The fourth-order valence-electron chi connectivity index (χ4n) is 4.12. The molecule has 2 unspecified atom stereocenters. The number of hydrogen-bond acceptors (Lipinski definition) is 4. The van der Waals surface area contributed by atoms with E-state index in [1.54, 1.807) is 0 Å². The number of nitrogens with one attached hydrogen (secondary N) is 1. The summed E-state index contributed by atoms with van der Waals surface area (Å²) in [5, 5.41) is 2.66. The van der Waals surface area contributed by atoms with Crippen LogP contribution in [0.25, 0.3) is 6.08 Å². The van der Waals surface area contributed by atoms with Gasteiger partial charge in [-0.3, -0.25) is 9.79 Å². The summed E-state index contributed by atoms with van der Waals surface area (Å²) in [6.07, 6.45) is 2.80. The number of amides is 1. The van der Waals surface area contributed by atoms with Crippen LogP contribution in [0.1, 0.15) is 40.6 Å². The molecule has 1 saturated heterocycles. The van der Waals surface area contributed by atoms with E-state index in [0.717, 1.165) is 17.7 Å². The highest BCUT2D eigenvalue weighted by Crippen LogP contribution is 2.43. The molecule has 2 aliphatic heterocycles. The predicted molar refractivity (Wildman–Crippen MR) is 132 cm³/mol. The number of thioether (sulfide) groups is 1. The van der Waals surface area contributed by atoms with Crippen molar-refractivity contribution in [3.63, 3.8) is 0 Å². The van der Waals surface area contributed by atoms with Crippen LogP contribution < -0.4 is 5.32 Å². The summed E-state index contributed by atoms with van der Waals surface area (Å²) in [5.41, 5.74) is 5.81. The van der Waals surface area contributed by atoms with E-state index in [2.05, 4.69) is 84.2 Å². The van der Waals surface area contributed by atoms with Gasteiger partial charge < -0.3 is 5.32 Å². The van der Waals surface area contributed by atoms with Gasteiger partial charge in [0, 0.05) is 11.6 Å². The Bertz CT molecular complexity index is 1190. The lowest BCUT2D eigenvalue weighted by Gasteiger charge is -2.19. The Hall–Kier alpha value is -3.02. The Morgan fingerprint density at radius 1 is 0.903 bits per heavy atom. The summed E-state index contributed by atoms with van der Waals surface area (Å²) in [5.74, 6) is 0.172. The van der Waals surface area contributed by atoms with Gasteiger partial charge in [0.15, 0.2) is 0 Å². The Labute approximate surface area is 191 Å². The number of hydrogen-bond donors (Lipinski definition) is 1. The first-order chi connectivity index (χ1) is 15.2. The van der Waals surface area contributed by atoms with E-state index in [-0.39, 0.29) is 11.9 Å². The maximum atomic E-state index is 11.9. The van der Waals surface area contributed by atoms with Crippen LogP contribution in [0.3, 0.4) is 0 Å². The van der Waals surface area contributed by atoms with Gasteiger partial charge in [-0.05, 0) is 34.8 Å². The summed E-state index contributed by atoms with van der Waals surface area (Å²) in [4.78, 5) is 17.7. The molecule has 5 heteroatoms. The van der Waals surface area contributed by atoms with Crippen LogP contribution in [-0.4, -0.2) is 15.9 Å². The van der Waals surface area contributed by atoms with E-state index in [1.165, 1.54) is 28.5 Å². The van der Waals surface area contributed by atoms with Gasteiger partial charge in [0.05, 0.1) is 10.9 Å². The number of benzene rings is 3. The molecule has 5 rings (SSSR count). The van der Waals surface area contributed by atoms with Crippen molar-refractivity contribution < 1.29 is 4.79 Å². The van der Waals surface area contributed by atoms with Crippen molar-refractivity contribution in [2.45, 2.75) is 18.4 Å². The zero-order chi connectivity index (χ0) is 21.2. The van der Waals surface area contributed by atoms with Crippen molar-refractivity contribution in [1.29, 1.82) is 0 Å². The smallest absolute Gasteiger partial charge is 0.263 e. The van der Waals surface area contributed by atoms with Crippen LogP contribution in [0.4, 0.5) is 0 Å². The molecule has 2 aliphatic rings. The van der Waals surface area contributed by atoms with Crippen molar-refractivity contribution in [3.8, 4) is 0 Å². The van der Waals surface area contributed by atoms with Crippen molar-refractivity contribution in [2.75, 3.05) is 0 Å². The summed E-state index contributed by atoms with van der Waals surface area (Å²) >= 11 is 6.37. The van der Waals surface area contributed by atoms with Crippen LogP contribution in [-0.2, 0) is 4.79 Å². The van der Waals surface area contributed by atoms with Gasteiger partial charge in [-0.1, -0.05) is 109 Å². The zero-order valence-corrected chi connectivity index (χ0v) is 18.3. The molecule has 3 aromatic carbocycles. The molecule has 1 N–H and O–H groups in total. The number of nitrogens with zero attached hydrogens (tertiary/aromatic N) is 1. The number of rotatable bonds is 4. The maximum Gasteiger partial charge on any atom is 0.263 e. The van der Waals surface area contributed by atoms with Crippen LogP contribution >= 0.6 is 24.0 Å². The quantitative estimate of drug-likeness (QED) is 0.406. The van der Waals surface area contributed by atoms with E-state index in [9.17, 15) is 4.79 Å². The molecule has 3 aromatic rings. The second-order valence-electron chi connectivity index (χ2n) is 7.63. The highest BCUT2D eigenvalue weighted by atomic mass is 32.2. The summed E-state index contributed by atoms with van der Waals surface area (Å²) in [7, 11) is 0. The molecule has 1 amide bonds. The molecule has 2 heterocycles. The summed E-state index contributed by atoms with van der Waals surface area (Å²) in [6, 6.07) is 29.5. The highest BCUT2D eigenvalue weighted by Gasteiger charge is 2.32. The molecule has 31 heavy (non-hydrogen) atoms. The van der Waals surface area contributed by atoms with Gasteiger partial charge in [0.2, 0.25) is 0 Å². The first-order valence-corrected chi connectivity index (χ1v) is 11.4. The average Bonchev–Trinajstić information content (AvgIpc) is 3.39. The molecule has 3 nitrogen and oxygen atoms in total. The van der Waals surface area contributed by atoms with Gasteiger partial charge in [0.25, 0.3) is 5.91 Å². The fraction of sp³-hybridized carbons (Fsp3) is 0.115. The molecule has 0 spiro atoms. The molecule has 0 aliphatic carbocycles. The fourth-order valence-corrected chi connectivity index (χ4v) is 5.17. The van der Waals surface area contributed by atoms with Gasteiger partial charge >= 0.3 is 0 Å². The molecule has 1 fully saturated rings. The predicted octanol–water partition coefficient (Wildman–Crippen LogP) is 5.89. The SMILES string of the molecule is O=C1NC(=S)S/C1=C/c1ccc(C2N=C(c3ccccc3)CC2c2ccccc2)cc1. The number of aliphatic imine (C=N–C) groups is 1. The monoisotopic (exact) mass is 440 g/mol. The Morgan fingerprint density at radius 3 is 2.23 bits per heavy atom. The lowest BCUT2D eigenvalue weighted by atomic mass is 9.85. The van der Waals surface area contributed by atoms with Crippen molar-refractivity contribution in [2.24, 2.45) is 4.99 Å².